The van der Waals surface area contributed by atoms with E-state index in [2.05, 4.69) is 38.1 Å². The highest BCUT2D eigenvalue weighted by Gasteiger charge is 2.40. The Morgan fingerprint density at radius 2 is 2.05 bits per heavy atom. The molecule has 1 saturated heterocycles. The topological polar surface area (TPSA) is 29.5 Å². The van der Waals surface area contributed by atoms with Crippen LogP contribution in [0.3, 0.4) is 0 Å². The van der Waals surface area contributed by atoms with Crippen molar-refractivity contribution in [2.75, 3.05) is 6.61 Å². The van der Waals surface area contributed by atoms with E-state index in [1.807, 2.05) is 0 Å². The van der Waals surface area contributed by atoms with Crippen LogP contribution in [0.4, 0.5) is 0 Å². The quantitative estimate of drug-likeness (QED) is 0.878. The van der Waals surface area contributed by atoms with Crippen LogP contribution in [0.2, 0.25) is 0 Å². The summed E-state index contributed by atoms with van der Waals surface area (Å²) >= 11 is 0. The number of hydrogen-bond acceptors (Lipinski definition) is 2. The molecule has 1 saturated carbocycles. The molecule has 2 heteroatoms. The van der Waals surface area contributed by atoms with E-state index < -0.39 is 5.60 Å². The van der Waals surface area contributed by atoms with Crippen molar-refractivity contribution in [2.24, 2.45) is 0 Å². The average molecular weight is 260 g/mol. The fourth-order valence-electron chi connectivity index (χ4n) is 3.41. The summed E-state index contributed by atoms with van der Waals surface area (Å²) in [7, 11) is 0. The molecule has 0 spiro atoms. The molecule has 0 radical (unpaired) electrons. The van der Waals surface area contributed by atoms with E-state index in [0.717, 1.165) is 11.5 Å². The summed E-state index contributed by atoms with van der Waals surface area (Å²) in [5.41, 5.74) is 1.52. The molecule has 1 heterocycles. The van der Waals surface area contributed by atoms with Crippen LogP contribution in [0.1, 0.15) is 63.0 Å². The Labute approximate surface area is 115 Å². The summed E-state index contributed by atoms with van der Waals surface area (Å²) in [6.07, 6.45) is 5.33. The van der Waals surface area contributed by atoms with Gasteiger partial charge in [-0.3, -0.25) is 0 Å². The van der Waals surface area contributed by atoms with Crippen molar-refractivity contribution < 1.29 is 9.84 Å². The normalized spacial score (nSPS) is 30.9. The molecule has 1 aromatic rings. The first kappa shape index (κ1) is 13.1. The van der Waals surface area contributed by atoms with Crippen LogP contribution in [-0.2, 0) is 10.3 Å². The largest absolute Gasteiger partial charge is 0.385 e. The lowest BCUT2D eigenvalue weighted by Gasteiger charge is -2.42. The Hall–Kier alpha value is -0.860. The third-order valence-electron chi connectivity index (χ3n) is 4.73. The van der Waals surface area contributed by atoms with Crippen LogP contribution in [0.5, 0.6) is 0 Å². The molecule has 1 N–H and O–H groups in total. The maximum atomic E-state index is 11.0. The predicted molar refractivity (Wildman–Crippen MR) is 76.2 cm³/mol. The van der Waals surface area contributed by atoms with E-state index in [4.69, 9.17) is 4.74 Å². The summed E-state index contributed by atoms with van der Waals surface area (Å²) in [5, 5.41) is 11.0. The zero-order chi connectivity index (χ0) is 13.5. The van der Waals surface area contributed by atoms with Crippen LogP contribution in [-0.4, -0.2) is 17.3 Å². The zero-order valence-corrected chi connectivity index (χ0v) is 12.0. The molecule has 2 nitrogen and oxygen atoms in total. The molecule has 2 aliphatic rings. The van der Waals surface area contributed by atoms with E-state index in [1.54, 1.807) is 0 Å². The number of hydrogen-bond donors (Lipinski definition) is 1. The van der Waals surface area contributed by atoms with Crippen molar-refractivity contribution in [3.63, 3.8) is 0 Å². The second-order valence-corrected chi connectivity index (χ2v) is 6.82. The van der Waals surface area contributed by atoms with Gasteiger partial charge in [-0.25, -0.2) is 0 Å². The highest BCUT2D eigenvalue weighted by Crippen LogP contribution is 2.42. The molecule has 1 aromatic carbocycles. The van der Waals surface area contributed by atoms with Crippen molar-refractivity contribution in [2.45, 2.75) is 63.1 Å². The minimum absolute atomic E-state index is 0.237. The van der Waals surface area contributed by atoms with Gasteiger partial charge in [0.15, 0.2) is 0 Å². The van der Waals surface area contributed by atoms with Gasteiger partial charge in [0.25, 0.3) is 0 Å². The van der Waals surface area contributed by atoms with Gasteiger partial charge in [-0.05, 0) is 43.7 Å². The fourth-order valence-corrected chi connectivity index (χ4v) is 3.41. The molecule has 2 fully saturated rings. The Kier molecular flexibility index (Phi) is 3.18. The van der Waals surface area contributed by atoms with E-state index in [-0.39, 0.29) is 5.60 Å². The summed E-state index contributed by atoms with van der Waals surface area (Å²) < 4.78 is 5.73. The van der Waals surface area contributed by atoms with E-state index in [9.17, 15) is 5.11 Å². The Morgan fingerprint density at radius 1 is 1.26 bits per heavy atom. The van der Waals surface area contributed by atoms with Gasteiger partial charge < -0.3 is 9.84 Å². The molecule has 19 heavy (non-hydrogen) atoms. The van der Waals surface area contributed by atoms with Crippen LogP contribution >= 0.6 is 0 Å². The SMILES string of the molecule is CC1(C)CC(O)(c2cccc(C3CCC3)c2)CCO1. The van der Waals surface area contributed by atoms with E-state index in [1.165, 1.54) is 24.8 Å². The standard InChI is InChI=1S/C17H24O2/c1-16(2)12-17(18,9-10-19-16)15-8-4-7-14(11-15)13-5-3-6-13/h4,7-8,11,13,18H,3,5-6,9-10,12H2,1-2H3. The van der Waals surface area contributed by atoms with Crippen LogP contribution < -0.4 is 0 Å². The molecule has 1 aliphatic carbocycles. The molecule has 1 unspecified atom stereocenters. The number of benzene rings is 1. The number of aliphatic hydroxyl groups is 1. The molecule has 0 amide bonds. The van der Waals surface area contributed by atoms with Gasteiger partial charge in [0.05, 0.1) is 17.8 Å². The van der Waals surface area contributed by atoms with Crippen LogP contribution in [0, 0.1) is 0 Å². The van der Waals surface area contributed by atoms with Gasteiger partial charge >= 0.3 is 0 Å². The van der Waals surface area contributed by atoms with Crippen LogP contribution in [0.25, 0.3) is 0 Å². The lowest BCUT2D eigenvalue weighted by Crippen LogP contribution is -2.43. The maximum absolute atomic E-state index is 11.0. The highest BCUT2D eigenvalue weighted by molar-refractivity contribution is 5.32. The van der Waals surface area contributed by atoms with Crippen molar-refractivity contribution in [1.29, 1.82) is 0 Å². The molecule has 1 aliphatic heterocycles. The minimum Gasteiger partial charge on any atom is -0.385 e. The van der Waals surface area contributed by atoms with Gasteiger partial charge in [-0.2, -0.15) is 0 Å². The highest BCUT2D eigenvalue weighted by atomic mass is 16.5. The van der Waals surface area contributed by atoms with Gasteiger partial charge in [0.1, 0.15) is 0 Å². The maximum Gasteiger partial charge on any atom is 0.0945 e. The number of ether oxygens (including phenoxy) is 1. The van der Waals surface area contributed by atoms with E-state index >= 15 is 0 Å². The third kappa shape index (κ3) is 2.56. The van der Waals surface area contributed by atoms with E-state index in [0.29, 0.717) is 19.4 Å². The smallest absolute Gasteiger partial charge is 0.0945 e. The van der Waals surface area contributed by atoms with Crippen molar-refractivity contribution in [1.82, 2.24) is 0 Å². The monoisotopic (exact) mass is 260 g/mol. The van der Waals surface area contributed by atoms with Crippen LogP contribution in [0.15, 0.2) is 24.3 Å². The Bertz CT molecular complexity index is 462. The zero-order valence-electron chi connectivity index (χ0n) is 12.0. The first-order valence-corrected chi connectivity index (χ1v) is 7.45. The lowest BCUT2D eigenvalue weighted by molar-refractivity contribution is -0.148. The first-order chi connectivity index (χ1) is 8.99. The fraction of sp³-hybridized carbons (Fsp3) is 0.647. The molecular weight excluding hydrogens is 236 g/mol. The van der Waals surface area contributed by atoms with Crippen molar-refractivity contribution in [3.05, 3.63) is 35.4 Å². The first-order valence-electron chi connectivity index (χ1n) is 7.45. The summed E-state index contributed by atoms with van der Waals surface area (Å²) in [5.74, 6) is 0.719. The summed E-state index contributed by atoms with van der Waals surface area (Å²) in [6, 6.07) is 8.61. The summed E-state index contributed by atoms with van der Waals surface area (Å²) in [6.45, 7) is 4.76. The van der Waals surface area contributed by atoms with Crippen molar-refractivity contribution >= 4 is 0 Å². The van der Waals surface area contributed by atoms with Gasteiger partial charge in [0.2, 0.25) is 0 Å². The molecule has 104 valence electrons. The second kappa shape index (κ2) is 4.60. The summed E-state index contributed by atoms with van der Waals surface area (Å²) in [4.78, 5) is 0. The molecule has 0 bridgehead atoms. The third-order valence-corrected chi connectivity index (χ3v) is 4.73. The van der Waals surface area contributed by atoms with Gasteiger partial charge in [-0.15, -0.1) is 0 Å². The van der Waals surface area contributed by atoms with Gasteiger partial charge in [-0.1, -0.05) is 30.7 Å². The average Bonchev–Trinajstić information content (AvgIpc) is 2.25. The lowest BCUT2D eigenvalue weighted by atomic mass is 9.75. The predicted octanol–water partition coefficient (Wildman–Crippen LogP) is 3.73. The Balaban J connectivity index is 1.87. The van der Waals surface area contributed by atoms with Gasteiger partial charge in [0, 0.05) is 12.8 Å². The second-order valence-electron chi connectivity index (χ2n) is 6.82. The molecular formula is C17H24O2. The molecule has 3 rings (SSSR count). The minimum atomic E-state index is -0.721. The Morgan fingerprint density at radius 3 is 2.68 bits per heavy atom. The molecule has 0 aromatic heterocycles. The molecule has 1 atom stereocenters. The van der Waals surface area contributed by atoms with Crippen molar-refractivity contribution in [3.8, 4) is 0 Å². The number of rotatable bonds is 2.